The Morgan fingerprint density at radius 2 is 0.725 bits per heavy atom. The van der Waals surface area contributed by atoms with Gasteiger partial charge in [-0.15, -0.1) is 0 Å². The standard InChI is InChI=1S/3C11H9O2.Sb/c3*1-2-3-9-11(12)13-10-7-5-4-6-8-10;/h3*2-3,5-9H,1H2;. The van der Waals surface area contributed by atoms with Gasteiger partial charge in [0.2, 0.25) is 0 Å². The van der Waals surface area contributed by atoms with Crippen LogP contribution in [0.15, 0.2) is 147 Å². The minimum absolute atomic E-state index is 0.424. The molecule has 0 aromatic heterocycles. The Hall–Kier alpha value is -4.67. The van der Waals surface area contributed by atoms with Gasteiger partial charge in [-0.25, -0.2) is 0 Å². The summed E-state index contributed by atoms with van der Waals surface area (Å²) in [5.74, 6) is -0.211. The van der Waals surface area contributed by atoms with Gasteiger partial charge in [0.15, 0.2) is 0 Å². The molecule has 0 heterocycles. The fourth-order valence-electron chi connectivity index (χ4n) is 3.33. The van der Waals surface area contributed by atoms with Crippen LogP contribution in [-0.2, 0) is 14.4 Å². The van der Waals surface area contributed by atoms with Gasteiger partial charge in [0, 0.05) is 0 Å². The van der Waals surface area contributed by atoms with E-state index in [4.69, 9.17) is 14.2 Å². The van der Waals surface area contributed by atoms with Crippen molar-refractivity contribution < 1.29 is 28.6 Å². The third kappa shape index (κ3) is 9.26. The van der Waals surface area contributed by atoms with Gasteiger partial charge in [0.25, 0.3) is 0 Å². The van der Waals surface area contributed by atoms with Gasteiger partial charge in [0.05, 0.1) is 0 Å². The normalized spacial score (nSPS) is 11.0. The quantitative estimate of drug-likeness (QED) is 0.0974. The summed E-state index contributed by atoms with van der Waals surface area (Å²) in [4.78, 5) is 35.8. The molecule has 0 fully saturated rings. The number of allylic oxidation sites excluding steroid dienone is 6. The van der Waals surface area contributed by atoms with Crippen LogP contribution in [0.4, 0.5) is 0 Å². The molecule has 0 bridgehead atoms. The van der Waals surface area contributed by atoms with Crippen molar-refractivity contribution in [2.24, 2.45) is 0 Å². The van der Waals surface area contributed by atoms with E-state index < -0.39 is 38.1 Å². The second kappa shape index (κ2) is 15.7. The minimum atomic E-state index is -2.61. The molecule has 0 unspecified atom stereocenters. The first-order valence-electron chi connectivity index (χ1n) is 12.1. The molecule has 0 atom stereocenters. The van der Waals surface area contributed by atoms with E-state index >= 15 is 0 Å². The van der Waals surface area contributed by atoms with Crippen LogP contribution < -0.4 is 24.7 Å². The molecule has 0 N–H and O–H groups in total. The van der Waals surface area contributed by atoms with Crippen LogP contribution in [0.2, 0.25) is 0 Å². The molecule has 3 aromatic rings. The van der Waals surface area contributed by atoms with Crippen LogP contribution in [0.3, 0.4) is 0 Å². The first-order chi connectivity index (χ1) is 19.4. The molecular weight excluding hydrogens is 614 g/mol. The van der Waals surface area contributed by atoms with E-state index in [9.17, 15) is 14.4 Å². The number of hydrogen-bond acceptors (Lipinski definition) is 6. The fraction of sp³-hybridized carbons (Fsp3) is 0. The topological polar surface area (TPSA) is 78.9 Å². The average molecular weight is 641 g/mol. The molecule has 0 saturated carbocycles. The summed E-state index contributed by atoms with van der Waals surface area (Å²) in [7, 11) is 0. The molecule has 0 aliphatic rings. The summed E-state index contributed by atoms with van der Waals surface area (Å²) in [5.41, 5.74) is 0. The molecule has 0 saturated heterocycles. The zero-order valence-electron chi connectivity index (χ0n) is 21.6. The van der Waals surface area contributed by atoms with E-state index in [2.05, 4.69) is 19.7 Å². The molecule has 0 aliphatic carbocycles. The van der Waals surface area contributed by atoms with Gasteiger partial charge >= 0.3 is 242 Å². The summed E-state index contributed by atoms with van der Waals surface area (Å²) < 4.78 is 19.3. The van der Waals surface area contributed by atoms with Crippen LogP contribution in [0.25, 0.3) is 0 Å². The van der Waals surface area contributed by atoms with Crippen molar-refractivity contribution in [2.45, 2.75) is 0 Å². The average Bonchev–Trinajstić information content (AvgIpc) is 2.96. The molecule has 0 spiro atoms. The molecule has 0 amide bonds. The summed E-state index contributed by atoms with van der Waals surface area (Å²) in [6, 6.07) is 22.3. The van der Waals surface area contributed by atoms with Crippen LogP contribution in [0.1, 0.15) is 0 Å². The Kier molecular flexibility index (Phi) is 11.7. The number of ether oxygens (including phenoxy) is 3. The van der Waals surface area contributed by atoms with E-state index in [-0.39, 0.29) is 0 Å². The van der Waals surface area contributed by atoms with E-state index in [1.54, 1.807) is 36.4 Å². The molecular formula is C33H27O6Sb. The monoisotopic (exact) mass is 640 g/mol. The molecule has 3 aromatic carbocycles. The number of carbonyl (C=O) groups is 3. The van der Waals surface area contributed by atoms with Crippen molar-refractivity contribution in [3.63, 3.8) is 0 Å². The SMILES string of the molecule is C=CC=CC(=O)Oc1cc[c]([Sb]([c]2ccc(OC(=O)C=CC=C)cc2)[c]2ccc(OC(=O)C=CC=C)cc2)cc1. The van der Waals surface area contributed by atoms with Crippen molar-refractivity contribution >= 4 is 48.6 Å². The Morgan fingerprint density at radius 1 is 0.475 bits per heavy atom. The van der Waals surface area contributed by atoms with E-state index in [1.165, 1.54) is 54.7 Å². The Balaban J connectivity index is 1.91. The van der Waals surface area contributed by atoms with E-state index in [0.717, 1.165) is 10.5 Å². The van der Waals surface area contributed by atoms with Crippen molar-refractivity contribution in [2.75, 3.05) is 0 Å². The van der Waals surface area contributed by atoms with Gasteiger partial charge in [-0.05, 0) is 0 Å². The summed E-state index contributed by atoms with van der Waals surface area (Å²) in [5, 5.41) is 0. The number of hydrogen-bond donors (Lipinski definition) is 0. The van der Waals surface area contributed by atoms with Gasteiger partial charge in [0.1, 0.15) is 0 Å². The third-order valence-electron chi connectivity index (χ3n) is 5.05. The van der Waals surface area contributed by atoms with Crippen molar-refractivity contribution in [3.05, 3.63) is 147 Å². The molecule has 0 aliphatic heterocycles. The Bertz CT molecular complexity index is 1270. The molecule has 6 nitrogen and oxygen atoms in total. The Morgan fingerprint density at radius 3 is 0.950 bits per heavy atom. The maximum absolute atomic E-state index is 11.9. The fourth-order valence-corrected chi connectivity index (χ4v) is 9.71. The summed E-state index contributed by atoms with van der Waals surface area (Å²) >= 11 is -2.61. The maximum atomic E-state index is 11.9. The molecule has 40 heavy (non-hydrogen) atoms. The zero-order valence-corrected chi connectivity index (χ0v) is 24.2. The van der Waals surface area contributed by atoms with E-state index in [1.807, 2.05) is 36.4 Å². The molecule has 200 valence electrons. The van der Waals surface area contributed by atoms with Gasteiger partial charge < -0.3 is 0 Å². The summed E-state index contributed by atoms with van der Waals surface area (Å²) in [6.45, 7) is 10.6. The first-order valence-corrected chi connectivity index (χ1v) is 15.9. The van der Waals surface area contributed by atoms with Crippen molar-refractivity contribution in [1.29, 1.82) is 0 Å². The second-order valence-corrected chi connectivity index (χ2v) is 14.2. The van der Waals surface area contributed by atoms with Crippen LogP contribution >= 0.6 is 0 Å². The number of esters is 3. The van der Waals surface area contributed by atoms with Crippen LogP contribution in [0.5, 0.6) is 17.2 Å². The second-order valence-electron chi connectivity index (χ2n) is 7.86. The Labute approximate surface area is 240 Å². The van der Waals surface area contributed by atoms with Gasteiger partial charge in [-0.2, -0.15) is 0 Å². The first kappa shape index (κ1) is 29.9. The van der Waals surface area contributed by atoms with Crippen LogP contribution in [0, 0.1) is 0 Å². The van der Waals surface area contributed by atoms with Gasteiger partial charge in [-0.1, -0.05) is 0 Å². The van der Waals surface area contributed by atoms with E-state index in [0.29, 0.717) is 17.2 Å². The predicted octanol–water partition coefficient (Wildman–Crippen LogP) is 4.15. The zero-order chi connectivity index (χ0) is 28.7. The molecule has 0 radical (unpaired) electrons. The van der Waals surface area contributed by atoms with Crippen molar-refractivity contribution in [1.82, 2.24) is 0 Å². The van der Waals surface area contributed by atoms with Crippen molar-refractivity contribution in [3.8, 4) is 17.2 Å². The number of benzene rings is 3. The molecule has 7 heteroatoms. The molecule has 3 rings (SSSR count). The predicted molar refractivity (Wildman–Crippen MR) is 159 cm³/mol. The number of rotatable bonds is 12. The van der Waals surface area contributed by atoms with Gasteiger partial charge in [-0.3, -0.25) is 0 Å². The summed E-state index contributed by atoms with van der Waals surface area (Å²) in [6.07, 6.45) is 12.9. The third-order valence-corrected chi connectivity index (χ3v) is 12.0. The number of carbonyl (C=O) groups excluding carboxylic acids is 3. The van der Waals surface area contributed by atoms with Crippen LogP contribution in [-0.4, -0.2) is 38.1 Å².